The Hall–Kier alpha value is -1.96. The van der Waals surface area contributed by atoms with E-state index in [2.05, 4.69) is 36.0 Å². The van der Waals surface area contributed by atoms with Crippen LogP contribution in [-0.4, -0.2) is 52.8 Å². The molecule has 0 saturated heterocycles. The van der Waals surface area contributed by atoms with Gasteiger partial charge in [0.25, 0.3) is 5.91 Å². The summed E-state index contributed by atoms with van der Waals surface area (Å²) in [7, 11) is 4.00. The minimum atomic E-state index is -0.107. The second kappa shape index (κ2) is 9.03. The Bertz CT molecular complexity index is 963. The maximum atomic E-state index is 13.2. The third kappa shape index (κ3) is 4.71. The molecule has 0 aliphatic rings. The molecular weight excluding hydrogens is 394 g/mol. The number of likely N-dealkylation sites (N-methyl/N-ethyl adjacent to an activating group) is 1. The maximum Gasteiger partial charge on any atom is 0.280 e. The van der Waals surface area contributed by atoms with Crippen molar-refractivity contribution in [2.75, 3.05) is 32.1 Å². The van der Waals surface area contributed by atoms with Gasteiger partial charge < -0.3 is 4.90 Å². The fourth-order valence-corrected chi connectivity index (χ4v) is 3.98. The van der Waals surface area contributed by atoms with E-state index in [0.29, 0.717) is 12.2 Å². The Morgan fingerprint density at radius 1 is 1.21 bits per heavy atom. The lowest BCUT2D eigenvalue weighted by Gasteiger charge is -2.21. The number of carbonyl (C=O) groups excluding carboxylic acids is 1. The number of aromatic nitrogens is 3. The van der Waals surface area contributed by atoms with Crippen LogP contribution in [-0.2, 0) is 0 Å². The quantitative estimate of drug-likeness (QED) is 0.594. The molecule has 3 rings (SSSR count). The second-order valence-electron chi connectivity index (χ2n) is 7.46. The topological polar surface area (TPSA) is 54.3 Å². The molecule has 3 aromatic rings. The highest BCUT2D eigenvalue weighted by Gasteiger charge is 2.24. The fraction of sp³-hybridized carbons (Fsp3) is 0.450. The number of hydrogen-bond donors (Lipinski definition) is 0. The van der Waals surface area contributed by atoms with Gasteiger partial charge in [0.1, 0.15) is 0 Å². The van der Waals surface area contributed by atoms with Gasteiger partial charge >= 0.3 is 0 Å². The number of amides is 1. The fourth-order valence-electron chi connectivity index (χ4n) is 2.94. The summed E-state index contributed by atoms with van der Waals surface area (Å²) in [6, 6.07) is 6.23. The minimum absolute atomic E-state index is 0. The van der Waals surface area contributed by atoms with E-state index in [-0.39, 0.29) is 24.4 Å². The van der Waals surface area contributed by atoms with Crippen molar-refractivity contribution < 1.29 is 4.79 Å². The number of hydrogen-bond acceptors (Lipinski definition) is 5. The number of halogens is 1. The number of aryl methyl sites for hydroxylation is 2. The van der Waals surface area contributed by atoms with Crippen LogP contribution >= 0.6 is 23.7 Å². The van der Waals surface area contributed by atoms with E-state index in [1.165, 1.54) is 11.1 Å². The molecule has 0 bridgehead atoms. The molecule has 0 N–H and O–H groups in total. The minimum Gasteiger partial charge on any atom is -0.308 e. The number of rotatable bonds is 6. The lowest BCUT2D eigenvalue weighted by molar-refractivity contribution is 0.0979. The van der Waals surface area contributed by atoms with E-state index in [9.17, 15) is 4.79 Å². The van der Waals surface area contributed by atoms with Crippen LogP contribution in [0.25, 0.3) is 10.2 Å². The molecule has 28 heavy (non-hydrogen) atoms. The normalized spacial score (nSPS) is 11.3. The zero-order valence-electron chi connectivity index (χ0n) is 17.3. The molecule has 0 radical (unpaired) electrons. The highest BCUT2D eigenvalue weighted by molar-refractivity contribution is 7.22. The summed E-state index contributed by atoms with van der Waals surface area (Å²) in [5.74, 6) is -0.107. The largest absolute Gasteiger partial charge is 0.308 e. The second-order valence-corrected chi connectivity index (χ2v) is 8.44. The summed E-state index contributed by atoms with van der Waals surface area (Å²) >= 11 is 1.57. The smallest absolute Gasteiger partial charge is 0.280 e. The van der Waals surface area contributed by atoms with Crippen molar-refractivity contribution in [3.8, 4) is 0 Å². The first-order valence-electron chi connectivity index (χ1n) is 9.16. The van der Waals surface area contributed by atoms with Crippen molar-refractivity contribution in [2.45, 2.75) is 33.7 Å². The van der Waals surface area contributed by atoms with E-state index < -0.39 is 0 Å². The summed E-state index contributed by atoms with van der Waals surface area (Å²) in [6.45, 7) is 9.57. The number of thiazole rings is 1. The molecular formula is C20H28ClN5OS. The summed E-state index contributed by atoms with van der Waals surface area (Å²) in [5, 5.41) is 5.18. The van der Waals surface area contributed by atoms with Crippen LogP contribution in [0.4, 0.5) is 5.13 Å². The zero-order valence-corrected chi connectivity index (χ0v) is 18.9. The zero-order chi connectivity index (χ0) is 19.7. The van der Waals surface area contributed by atoms with Crippen LogP contribution in [0, 0.1) is 13.8 Å². The Morgan fingerprint density at radius 3 is 2.54 bits per heavy atom. The highest BCUT2D eigenvalue weighted by atomic mass is 35.5. The number of nitrogens with zero attached hydrogens (tertiary/aromatic N) is 5. The summed E-state index contributed by atoms with van der Waals surface area (Å²) in [4.78, 5) is 21.8. The lowest BCUT2D eigenvalue weighted by Crippen LogP contribution is -2.37. The van der Waals surface area contributed by atoms with Crippen LogP contribution in [0.2, 0.25) is 0 Å². The van der Waals surface area contributed by atoms with Crippen molar-refractivity contribution >= 4 is 45.0 Å². The van der Waals surface area contributed by atoms with Crippen molar-refractivity contribution in [3.05, 3.63) is 41.2 Å². The summed E-state index contributed by atoms with van der Waals surface area (Å²) < 4.78 is 2.94. The Balaban J connectivity index is 0.00000280. The van der Waals surface area contributed by atoms with Crippen LogP contribution in [0.1, 0.15) is 41.5 Å². The molecule has 0 aliphatic carbocycles. The molecule has 0 aliphatic heterocycles. The predicted molar refractivity (Wildman–Crippen MR) is 119 cm³/mol. The number of carbonyl (C=O) groups is 1. The average Bonchev–Trinajstić information content (AvgIpc) is 3.21. The van der Waals surface area contributed by atoms with Gasteiger partial charge in [-0.05, 0) is 65.0 Å². The molecule has 8 heteroatoms. The molecule has 6 nitrogen and oxygen atoms in total. The van der Waals surface area contributed by atoms with Crippen LogP contribution in [0.15, 0.2) is 24.4 Å². The van der Waals surface area contributed by atoms with Gasteiger partial charge in [0.05, 0.1) is 10.2 Å². The summed E-state index contributed by atoms with van der Waals surface area (Å²) in [6.07, 6.45) is 1.86. The molecule has 1 aromatic carbocycles. The standard InChI is InChI=1S/C20H27N5OS.ClH/c1-13(2)25-8-7-16(22-25)19(26)24(10-9-23(5)6)20-21-17-12-14(3)11-15(4)18(17)27-20;/h7-8,11-13H,9-10H2,1-6H3;1H. The van der Waals surface area contributed by atoms with Gasteiger partial charge in [-0.25, -0.2) is 4.98 Å². The van der Waals surface area contributed by atoms with Crippen molar-refractivity contribution in [3.63, 3.8) is 0 Å². The monoisotopic (exact) mass is 421 g/mol. The van der Waals surface area contributed by atoms with Gasteiger partial charge in [0, 0.05) is 25.3 Å². The molecule has 0 fully saturated rings. The van der Waals surface area contributed by atoms with Gasteiger partial charge in [-0.15, -0.1) is 12.4 Å². The van der Waals surface area contributed by atoms with E-state index >= 15 is 0 Å². The van der Waals surface area contributed by atoms with Crippen LogP contribution in [0.5, 0.6) is 0 Å². The third-order valence-electron chi connectivity index (χ3n) is 4.41. The molecule has 2 heterocycles. The van der Waals surface area contributed by atoms with Gasteiger partial charge in [-0.2, -0.15) is 5.10 Å². The number of benzene rings is 1. The van der Waals surface area contributed by atoms with Gasteiger partial charge in [0.15, 0.2) is 10.8 Å². The van der Waals surface area contributed by atoms with Crippen molar-refractivity contribution in [1.29, 1.82) is 0 Å². The summed E-state index contributed by atoms with van der Waals surface area (Å²) in [5.41, 5.74) is 3.77. The molecule has 0 spiro atoms. The van der Waals surface area contributed by atoms with Gasteiger partial charge in [-0.1, -0.05) is 17.4 Å². The Labute approximate surface area is 176 Å². The first kappa shape index (κ1) is 22.3. The van der Waals surface area contributed by atoms with E-state index in [4.69, 9.17) is 4.98 Å². The molecule has 2 aromatic heterocycles. The lowest BCUT2D eigenvalue weighted by atomic mass is 10.1. The molecule has 0 atom stereocenters. The molecule has 1 amide bonds. The maximum absolute atomic E-state index is 13.2. The first-order chi connectivity index (χ1) is 12.8. The third-order valence-corrected chi connectivity index (χ3v) is 5.64. The Morgan fingerprint density at radius 2 is 1.93 bits per heavy atom. The number of fused-ring (bicyclic) bond motifs is 1. The van der Waals surface area contributed by atoms with E-state index in [1.807, 2.05) is 38.8 Å². The molecule has 152 valence electrons. The van der Waals surface area contributed by atoms with E-state index in [1.54, 1.807) is 22.3 Å². The van der Waals surface area contributed by atoms with Crippen molar-refractivity contribution in [1.82, 2.24) is 19.7 Å². The van der Waals surface area contributed by atoms with Gasteiger partial charge in [-0.3, -0.25) is 14.4 Å². The average molecular weight is 422 g/mol. The number of anilines is 1. The predicted octanol–water partition coefficient (Wildman–Crippen LogP) is 4.32. The van der Waals surface area contributed by atoms with Crippen molar-refractivity contribution in [2.24, 2.45) is 0 Å². The molecule has 0 unspecified atom stereocenters. The van der Waals surface area contributed by atoms with Crippen LogP contribution in [0.3, 0.4) is 0 Å². The highest BCUT2D eigenvalue weighted by Crippen LogP contribution is 2.32. The van der Waals surface area contributed by atoms with Gasteiger partial charge in [0.2, 0.25) is 0 Å². The van der Waals surface area contributed by atoms with E-state index in [0.717, 1.165) is 21.9 Å². The Kier molecular flexibility index (Phi) is 7.20. The SMILES string of the molecule is Cc1cc(C)c2sc(N(CCN(C)C)C(=O)c3ccn(C(C)C)n3)nc2c1.Cl. The van der Waals surface area contributed by atoms with Crippen LogP contribution < -0.4 is 4.90 Å². The first-order valence-corrected chi connectivity index (χ1v) is 9.97. The molecule has 0 saturated carbocycles.